The molecule has 0 radical (unpaired) electrons. The second-order valence-electron chi connectivity index (χ2n) is 10.2. The number of Topliss-reactive ketones (excluding diaryl/α,β-unsaturated/α-hetero) is 4. The molecule has 1 aromatic rings. The molecule has 12 heteroatoms. The third-order valence-corrected chi connectivity index (χ3v) is 9.54. The summed E-state index contributed by atoms with van der Waals surface area (Å²) in [4.78, 5) is 67.6. The highest BCUT2D eigenvalue weighted by molar-refractivity contribution is 7.85. The molecule has 37 heavy (non-hydrogen) atoms. The third kappa shape index (κ3) is 3.80. The minimum absolute atomic E-state index is 0.0628. The number of aromatic hydroxyl groups is 1. The molecule has 0 aliphatic heterocycles. The van der Waals surface area contributed by atoms with Crippen LogP contribution in [0.1, 0.15) is 35.2 Å². The van der Waals surface area contributed by atoms with Crippen molar-refractivity contribution in [1.29, 1.82) is 0 Å². The summed E-state index contributed by atoms with van der Waals surface area (Å²) < 4.78 is 12.9. The van der Waals surface area contributed by atoms with Crippen molar-refractivity contribution >= 4 is 39.8 Å². The molecule has 0 aromatic heterocycles. The van der Waals surface area contributed by atoms with Crippen LogP contribution >= 0.6 is 0 Å². The van der Waals surface area contributed by atoms with Crippen molar-refractivity contribution in [2.45, 2.75) is 37.0 Å². The molecule has 11 nitrogen and oxygen atoms in total. The standard InChI is InChI=1S/C25H30N2O9S/c1-4-8-37(36)9-11-10-6-5-7-12(28)13(10)19(29)15-14(11)20(30)17-18(27(2)3)21(31)16(24(26)34)23(33)25(17,35)22(15)32/h5-7,11,14-18,20,28,30,35H,4,8-9H2,1-3H3,(H2,26,34)/t11-,14+,15?,16?,17+,18-,20-,25-,37?/m0/s1. The molecule has 3 unspecified atom stereocenters. The number of nitrogens with zero attached hydrogens (tertiary/aromatic N) is 1. The number of fused-ring (bicyclic) bond motifs is 3. The Bertz CT molecular complexity index is 1230. The molecular weight excluding hydrogens is 504 g/mol. The third-order valence-electron chi connectivity index (χ3n) is 7.95. The van der Waals surface area contributed by atoms with Crippen molar-refractivity contribution < 1.29 is 43.5 Å². The van der Waals surface area contributed by atoms with E-state index in [1.807, 2.05) is 6.92 Å². The van der Waals surface area contributed by atoms with E-state index in [0.717, 1.165) is 0 Å². The first-order chi connectivity index (χ1) is 17.3. The monoisotopic (exact) mass is 534 g/mol. The predicted octanol–water partition coefficient (Wildman–Crippen LogP) is -1.46. The summed E-state index contributed by atoms with van der Waals surface area (Å²) in [5, 5.41) is 33.9. The number of carbonyl (C=O) groups excluding carboxylic acids is 5. The molecule has 3 aliphatic rings. The van der Waals surface area contributed by atoms with Gasteiger partial charge in [0.05, 0.1) is 29.5 Å². The van der Waals surface area contributed by atoms with Gasteiger partial charge < -0.3 is 21.1 Å². The van der Waals surface area contributed by atoms with Crippen molar-refractivity contribution in [2.24, 2.45) is 29.4 Å². The maximum atomic E-state index is 14.0. The van der Waals surface area contributed by atoms with Crippen LogP contribution < -0.4 is 5.73 Å². The second kappa shape index (κ2) is 9.50. The molecule has 2 fully saturated rings. The van der Waals surface area contributed by atoms with Gasteiger partial charge in [-0.15, -0.1) is 0 Å². The molecule has 0 heterocycles. The van der Waals surface area contributed by atoms with E-state index < -0.39 is 92.9 Å². The minimum Gasteiger partial charge on any atom is -0.507 e. The quantitative estimate of drug-likeness (QED) is 0.313. The Morgan fingerprint density at radius 1 is 1.16 bits per heavy atom. The SMILES string of the molecule is CCCS(=O)C[C@H]1c2cccc(O)c2C(=O)C2C(=O)[C@]3(O)C(=O)C(C(N)=O)C(=O)[C@@H](N(C)C)[C@@H]3[C@@H](O)[C@@H]21. The first-order valence-corrected chi connectivity index (χ1v) is 13.5. The topological polar surface area (TPSA) is 192 Å². The fourth-order valence-electron chi connectivity index (χ4n) is 6.48. The highest BCUT2D eigenvalue weighted by atomic mass is 32.2. The van der Waals surface area contributed by atoms with Gasteiger partial charge in [-0.25, -0.2) is 0 Å². The number of ketones is 4. The van der Waals surface area contributed by atoms with Gasteiger partial charge in [0, 0.05) is 34.1 Å². The van der Waals surface area contributed by atoms with Crippen molar-refractivity contribution in [3.05, 3.63) is 29.3 Å². The lowest BCUT2D eigenvalue weighted by atomic mass is 9.49. The van der Waals surface area contributed by atoms with Gasteiger partial charge in [-0.2, -0.15) is 0 Å². The van der Waals surface area contributed by atoms with Crippen LogP contribution in [0.4, 0.5) is 0 Å². The van der Waals surface area contributed by atoms with Crippen molar-refractivity contribution in [1.82, 2.24) is 4.90 Å². The van der Waals surface area contributed by atoms with Crippen LogP contribution in [0.15, 0.2) is 18.2 Å². The molecule has 9 atom stereocenters. The average molecular weight is 535 g/mol. The Morgan fingerprint density at radius 3 is 2.38 bits per heavy atom. The zero-order chi connectivity index (χ0) is 27.6. The number of nitrogens with two attached hydrogens (primary N) is 1. The molecule has 4 rings (SSSR count). The van der Waals surface area contributed by atoms with Crippen molar-refractivity contribution in [3.63, 3.8) is 0 Å². The van der Waals surface area contributed by atoms with Gasteiger partial charge in [-0.3, -0.25) is 33.1 Å². The normalized spacial score (nSPS) is 36.1. The lowest BCUT2D eigenvalue weighted by Gasteiger charge is -2.56. The Labute approximate surface area is 215 Å². The summed E-state index contributed by atoms with van der Waals surface area (Å²) in [6.07, 6.45) is -1.17. The molecule has 0 spiro atoms. The molecule has 5 N–H and O–H groups in total. The van der Waals surface area contributed by atoms with Crippen LogP contribution in [-0.2, 0) is 30.0 Å². The molecule has 200 valence electrons. The Hall–Kier alpha value is -2.80. The van der Waals surface area contributed by atoms with E-state index in [9.17, 15) is 43.5 Å². The average Bonchev–Trinajstić information content (AvgIpc) is 2.80. The Balaban J connectivity index is 1.97. The molecular formula is C25H30N2O9S. The van der Waals surface area contributed by atoms with Crippen molar-refractivity contribution in [2.75, 3.05) is 25.6 Å². The van der Waals surface area contributed by atoms with Gasteiger partial charge in [0.1, 0.15) is 5.75 Å². The number of aliphatic hydroxyl groups is 2. The zero-order valence-corrected chi connectivity index (χ0v) is 21.4. The van der Waals surface area contributed by atoms with E-state index >= 15 is 0 Å². The summed E-state index contributed by atoms with van der Waals surface area (Å²) in [6, 6.07) is 2.81. The summed E-state index contributed by atoms with van der Waals surface area (Å²) in [7, 11) is 1.42. The second-order valence-corrected chi connectivity index (χ2v) is 11.9. The maximum Gasteiger partial charge on any atom is 0.235 e. The molecule has 2 saturated carbocycles. The van der Waals surface area contributed by atoms with Crippen LogP contribution in [0.3, 0.4) is 0 Å². The fraction of sp³-hybridized carbons (Fsp3) is 0.560. The lowest BCUT2D eigenvalue weighted by Crippen LogP contribution is -2.77. The number of carbonyl (C=O) groups is 5. The highest BCUT2D eigenvalue weighted by Gasteiger charge is 2.73. The van der Waals surface area contributed by atoms with E-state index in [4.69, 9.17) is 5.73 Å². The van der Waals surface area contributed by atoms with Crippen LogP contribution in [0, 0.1) is 23.7 Å². The predicted molar refractivity (Wildman–Crippen MR) is 130 cm³/mol. The minimum atomic E-state index is -3.06. The van der Waals surface area contributed by atoms with E-state index in [1.54, 1.807) is 6.07 Å². The molecule has 3 aliphatic carbocycles. The van der Waals surface area contributed by atoms with Crippen LogP contribution in [0.2, 0.25) is 0 Å². The number of phenolic OH excluding ortho intramolecular Hbond substituents is 1. The highest BCUT2D eigenvalue weighted by Crippen LogP contribution is 2.54. The first kappa shape index (κ1) is 27.2. The summed E-state index contributed by atoms with van der Waals surface area (Å²) in [5.74, 6) is -13.9. The molecule has 0 saturated heterocycles. The van der Waals surface area contributed by atoms with Crippen molar-refractivity contribution in [3.8, 4) is 5.75 Å². The number of phenols is 1. The van der Waals surface area contributed by atoms with Crippen LogP contribution in [-0.4, -0.2) is 96.8 Å². The van der Waals surface area contributed by atoms with E-state index in [-0.39, 0.29) is 16.9 Å². The van der Waals surface area contributed by atoms with Gasteiger partial charge in [0.25, 0.3) is 0 Å². The Morgan fingerprint density at radius 2 is 1.81 bits per heavy atom. The fourth-order valence-corrected chi connectivity index (χ4v) is 7.90. The van der Waals surface area contributed by atoms with Gasteiger partial charge in [0.15, 0.2) is 34.7 Å². The number of amides is 1. The van der Waals surface area contributed by atoms with Gasteiger partial charge in [0.2, 0.25) is 5.91 Å². The number of hydrogen-bond donors (Lipinski definition) is 4. The van der Waals surface area contributed by atoms with Crippen LogP contribution in [0.5, 0.6) is 5.75 Å². The summed E-state index contributed by atoms with van der Waals surface area (Å²) in [5.41, 5.74) is 2.32. The smallest absolute Gasteiger partial charge is 0.235 e. The summed E-state index contributed by atoms with van der Waals surface area (Å²) in [6.45, 7) is 1.83. The maximum absolute atomic E-state index is 14.0. The van der Waals surface area contributed by atoms with Gasteiger partial charge in [-0.05, 0) is 32.1 Å². The van der Waals surface area contributed by atoms with Gasteiger partial charge in [-0.1, -0.05) is 19.1 Å². The van der Waals surface area contributed by atoms with Gasteiger partial charge >= 0.3 is 0 Å². The summed E-state index contributed by atoms with van der Waals surface area (Å²) >= 11 is 0. The zero-order valence-electron chi connectivity index (χ0n) is 20.6. The molecule has 1 aromatic carbocycles. The largest absolute Gasteiger partial charge is 0.507 e. The number of benzene rings is 1. The molecule has 1 amide bonds. The number of likely N-dealkylation sites (N-methyl/N-ethyl adjacent to an activating group) is 1. The van der Waals surface area contributed by atoms with E-state index in [2.05, 4.69) is 0 Å². The molecule has 0 bridgehead atoms. The number of rotatable bonds is 6. The van der Waals surface area contributed by atoms with Crippen LogP contribution in [0.25, 0.3) is 0 Å². The first-order valence-electron chi connectivity index (χ1n) is 12.0. The Kier molecular flexibility index (Phi) is 6.99. The number of hydrogen-bond acceptors (Lipinski definition) is 10. The number of primary amides is 1. The lowest BCUT2D eigenvalue weighted by molar-refractivity contribution is -0.196. The van der Waals surface area contributed by atoms with E-state index in [1.165, 1.54) is 31.1 Å². The number of aliphatic hydroxyl groups excluding tert-OH is 1. The van der Waals surface area contributed by atoms with E-state index in [0.29, 0.717) is 12.2 Å².